The maximum absolute atomic E-state index is 14.8. The Hall–Kier alpha value is -4.65. The molecule has 36 heavy (non-hydrogen) atoms. The number of primary amides is 1. The number of likely N-dealkylation sites (tertiary alicyclic amines) is 1. The van der Waals surface area contributed by atoms with Crippen LogP contribution in [-0.2, 0) is 9.53 Å². The van der Waals surface area contributed by atoms with Crippen molar-refractivity contribution in [2.45, 2.75) is 19.4 Å². The zero-order chi connectivity index (χ0) is 26.0. The molecular weight excluding hydrogens is 463 g/mol. The number of hydrogen-bond acceptors (Lipinski definition) is 6. The van der Waals surface area contributed by atoms with Crippen molar-refractivity contribution in [3.63, 3.8) is 0 Å². The van der Waals surface area contributed by atoms with E-state index in [-0.39, 0.29) is 35.3 Å². The van der Waals surface area contributed by atoms with Gasteiger partial charge in [0, 0.05) is 31.6 Å². The number of nitrogens with one attached hydrogen (secondary N) is 1. The van der Waals surface area contributed by atoms with Crippen LogP contribution in [0.3, 0.4) is 0 Å². The standard InChI is InChI=1S/C26H25FN6O3/c1-5-23(34)32-13-17(11-18(32)14-36-4)33-26(29-3)24(25(28)35)21(31-33)7-6-16-10-22-19(12-20(16)27)15(2)8-9-30-22/h5,8-10,12,14,17,29H,1,11,13H2,2-4H3,(H2,28,35)/b18-14+/t17-/m0/s1. The monoisotopic (exact) mass is 488 g/mol. The molecule has 1 saturated heterocycles. The van der Waals surface area contributed by atoms with Crippen LogP contribution in [0.2, 0.25) is 0 Å². The number of anilines is 1. The fourth-order valence-corrected chi connectivity index (χ4v) is 4.28. The largest absolute Gasteiger partial charge is 0.503 e. The lowest BCUT2D eigenvalue weighted by Crippen LogP contribution is -2.27. The summed E-state index contributed by atoms with van der Waals surface area (Å²) in [5.74, 6) is 4.38. The summed E-state index contributed by atoms with van der Waals surface area (Å²) in [4.78, 5) is 30.5. The molecule has 1 aromatic carbocycles. The Bertz CT molecular complexity index is 1480. The molecule has 3 heterocycles. The number of nitrogens with zero attached hydrogens (tertiary/aromatic N) is 4. The predicted molar refractivity (Wildman–Crippen MR) is 133 cm³/mol. The minimum atomic E-state index is -0.740. The molecule has 4 rings (SSSR count). The SMILES string of the molecule is C=CC(=O)N1C[C@@H](n2nc(C#Cc3cc4nccc(C)c4cc3F)c(C(N)=O)c2NC)C/C1=C\OC. The van der Waals surface area contributed by atoms with Crippen molar-refractivity contribution in [3.8, 4) is 11.8 Å². The minimum Gasteiger partial charge on any atom is -0.503 e. The van der Waals surface area contributed by atoms with Crippen molar-refractivity contribution in [2.24, 2.45) is 5.73 Å². The summed E-state index contributed by atoms with van der Waals surface area (Å²) in [6, 6.07) is 4.41. The number of amides is 2. The molecule has 1 fully saturated rings. The minimum absolute atomic E-state index is 0.0749. The summed E-state index contributed by atoms with van der Waals surface area (Å²) in [6.07, 6.45) is 4.75. The lowest BCUT2D eigenvalue weighted by molar-refractivity contribution is -0.123. The van der Waals surface area contributed by atoms with Crippen molar-refractivity contribution in [3.05, 3.63) is 77.2 Å². The van der Waals surface area contributed by atoms with Crippen LogP contribution in [0.4, 0.5) is 10.2 Å². The van der Waals surface area contributed by atoms with E-state index in [2.05, 4.69) is 33.8 Å². The van der Waals surface area contributed by atoms with Crippen LogP contribution in [0, 0.1) is 24.6 Å². The molecule has 1 aliphatic heterocycles. The number of methoxy groups -OCH3 is 1. The number of hydrogen-bond donors (Lipinski definition) is 2. The van der Waals surface area contributed by atoms with Gasteiger partial charge in [0.05, 0.1) is 29.9 Å². The second-order valence-electron chi connectivity index (χ2n) is 8.21. The summed E-state index contributed by atoms with van der Waals surface area (Å²) in [5.41, 5.74) is 8.09. The predicted octanol–water partition coefficient (Wildman–Crippen LogP) is 2.87. The van der Waals surface area contributed by atoms with Crippen LogP contribution >= 0.6 is 0 Å². The molecule has 184 valence electrons. The van der Waals surface area contributed by atoms with E-state index < -0.39 is 11.7 Å². The molecule has 0 bridgehead atoms. The third-order valence-corrected chi connectivity index (χ3v) is 5.98. The third-order valence-electron chi connectivity index (χ3n) is 5.98. The second kappa shape index (κ2) is 9.92. The van der Waals surface area contributed by atoms with E-state index in [0.717, 1.165) is 5.56 Å². The van der Waals surface area contributed by atoms with E-state index >= 15 is 0 Å². The van der Waals surface area contributed by atoms with Crippen LogP contribution in [0.15, 0.2) is 49.0 Å². The highest BCUT2D eigenvalue weighted by atomic mass is 19.1. The Morgan fingerprint density at radius 3 is 2.81 bits per heavy atom. The molecule has 1 aliphatic rings. The van der Waals surface area contributed by atoms with Crippen molar-refractivity contribution >= 4 is 28.5 Å². The van der Waals surface area contributed by atoms with Gasteiger partial charge in [-0.25, -0.2) is 9.07 Å². The van der Waals surface area contributed by atoms with Crippen LogP contribution in [0.25, 0.3) is 10.9 Å². The second-order valence-corrected chi connectivity index (χ2v) is 8.21. The molecule has 1 atom stereocenters. The van der Waals surface area contributed by atoms with Crippen LogP contribution in [0.1, 0.15) is 39.6 Å². The Morgan fingerprint density at radius 1 is 1.36 bits per heavy atom. The number of aromatic nitrogens is 3. The van der Waals surface area contributed by atoms with Crippen molar-refractivity contribution < 1.29 is 18.7 Å². The zero-order valence-electron chi connectivity index (χ0n) is 20.1. The Morgan fingerprint density at radius 2 is 2.14 bits per heavy atom. The molecule has 0 saturated carbocycles. The molecule has 3 aromatic rings. The number of carbonyl (C=O) groups is 2. The highest BCUT2D eigenvalue weighted by Crippen LogP contribution is 2.34. The van der Waals surface area contributed by atoms with Crippen LogP contribution in [-0.4, -0.2) is 52.2 Å². The van der Waals surface area contributed by atoms with Crippen molar-refractivity contribution in [1.29, 1.82) is 0 Å². The molecule has 0 radical (unpaired) electrons. The average molecular weight is 489 g/mol. The molecule has 2 aromatic heterocycles. The summed E-state index contributed by atoms with van der Waals surface area (Å²) in [5, 5.41) is 8.18. The molecule has 0 unspecified atom stereocenters. The molecule has 10 heteroatoms. The normalized spacial score (nSPS) is 16.1. The summed E-state index contributed by atoms with van der Waals surface area (Å²) < 4.78 is 21.5. The molecular formula is C26H25FN6O3. The number of ether oxygens (including phenoxy) is 1. The fraction of sp³-hybridized carbons (Fsp3) is 0.231. The van der Waals surface area contributed by atoms with Gasteiger partial charge >= 0.3 is 0 Å². The highest BCUT2D eigenvalue weighted by molar-refractivity contribution is 6.00. The van der Waals surface area contributed by atoms with Gasteiger partial charge in [-0.3, -0.25) is 14.6 Å². The van der Waals surface area contributed by atoms with E-state index in [1.54, 1.807) is 30.1 Å². The van der Waals surface area contributed by atoms with Gasteiger partial charge in [0.2, 0.25) is 5.91 Å². The van der Waals surface area contributed by atoms with E-state index in [4.69, 9.17) is 10.5 Å². The highest BCUT2D eigenvalue weighted by Gasteiger charge is 2.35. The summed E-state index contributed by atoms with van der Waals surface area (Å²) in [7, 11) is 3.12. The number of nitrogens with two attached hydrogens (primary N) is 1. The van der Waals surface area contributed by atoms with E-state index in [1.807, 2.05) is 6.92 Å². The number of pyridine rings is 1. The number of rotatable bonds is 5. The number of carbonyl (C=O) groups excluding carboxylic acids is 2. The first-order valence-electron chi connectivity index (χ1n) is 11.1. The lowest BCUT2D eigenvalue weighted by atomic mass is 10.1. The topological polar surface area (TPSA) is 115 Å². The average Bonchev–Trinajstić information content (AvgIpc) is 3.44. The maximum atomic E-state index is 14.8. The van der Waals surface area contributed by atoms with Gasteiger partial charge in [-0.05, 0) is 42.7 Å². The smallest absolute Gasteiger partial charge is 0.255 e. The van der Waals surface area contributed by atoms with Gasteiger partial charge in [-0.15, -0.1) is 0 Å². The first-order chi connectivity index (χ1) is 17.3. The van der Waals surface area contributed by atoms with Gasteiger partial charge in [0.25, 0.3) is 5.91 Å². The number of fused-ring (bicyclic) bond motifs is 1. The lowest BCUT2D eigenvalue weighted by Gasteiger charge is -2.16. The van der Waals surface area contributed by atoms with Gasteiger partial charge in [0.1, 0.15) is 23.5 Å². The Labute approximate surface area is 207 Å². The molecule has 0 spiro atoms. The molecule has 3 N–H and O–H groups in total. The first kappa shape index (κ1) is 24.5. The third kappa shape index (κ3) is 4.38. The van der Waals surface area contributed by atoms with Gasteiger partial charge in [-0.2, -0.15) is 5.10 Å². The summed E-state index contributed by atoms with van der Waals surface area (Å²) >= 11 is 0. The van der Waals surface area contributed by atoms with E-state index in [1.165, 1.54) is 30.4 Å². The molecule has 9 nitrogen and oxygen atoms in total. The quantitative estimate of drug-likeness (QED) is 0.324. The molecule has 2 amide bonds. The number of benzene rings is 1. The van der Waals surface area contributed by atoms with Gasteiger partial charge in [-0.1, -0.05) is 12.5 Å². The van der Waals surface area contributed by atoms with Gasteiger partial charge in [0.15, 0.2) is 5.69 Å². The Balaban J connectivity index is 1.78. The van der Waals surface area contributed by atoms with Crippen molar-refractivity contribution in [2.75, 3.05) is 26.0 Å². The fourth-order valence-electron chi connectivity index (χ4n) is 4.28. The maximum Gasteiger partial charge on any atom is 0.255 e. The van der Waals surface area contributed by atoms with E-state index in [9.17, 15) is 14.0 Å². The number of aryl methyl sites for hydroxylation is 1. The van der Waals surface area contributed by atoms with Gasteiger partial charge < -0.3 is 20.7 Å². The first-order valence-corrected chi connectivity index (χ1v) is 11.1. The van der Waals surface area contributed by atoms with Crippen LogP contribution < -0.4 is 11.1 Å². The molecule has 0 aliphatic carbocycles. The summed E-state index contributed by atoms with van der Waals surface area (Å²) in [6.45, 7) is 5.69. The van der Waals surface area contributed by atoms with Crippen molar-refractivity contribution in [1.82, 2.24) is 19.7 Å². The van der Waals surface area contributed by atoms with E-state index in [0.29, 0.717) is 28.8 Å². The van der Waals surface area contributed by atoms with Crippen LogP contribution in [0.5, 0.6) is 0 Å². The zero-order valence-corrected chi connectivity index (χ0v) is 20.1. The Kier molecular flexibility index (Phi) is 6.74. The number of halogens is 1. The number of allylic oxidation sites excluding steroid dienone is 1.